The van der Waals surface area contributed by atoms with Gasteiger partial charge in [0.1, 0.15) is 0 Å². The molecule has 1 aliphatic heterocycles. The van der Waals surface area contributed by atoms with Crippen LogP contribution in [0.4, 0.5) is 0 Å². The number of amides is 2. The predicted octanol–water partition coefficient (Wildman–Crippen LogP) is 1.66. The van der Waals surface area contributed by atoms with E-state index in [2.05, 4.69) is 10.3 Å². The van der Waals surface area contributed by atoms with Crippen LogP contribution in [0.5, 0.6) is 0 Å². The number of carbonyl (C=O) groups excluding carboxylic acids is 2. The van der Waals surface area contributed by atoms with Gasteiger partial charge in [-0.05, 0) is 31.5 Å². The maximum absolute atomic E-state index is 12.8. The number of halogens is 1. The second-order valence-electron chi connectivity index (χ2n) is 6.56. The molecule has 1 fully saturated rings. The summed E-state index contributed by atoms with van der Waals surface area (Å²) in [5.41, 5.74) is 0.344. The van der Waals surface area contributed by atoms with E-state index in [0.29, 0.717) is 40.6 Å². The van der Waals surface area contributed by atoms with E-state index in [1.165, 1.54) is 16.3 Å². The van der Waals surface area contributed by atoms with Crippen molar-refractivity contribution < 1.29 is 9.59 Å². The Morgan fingerprint density at radius 1 is 1.41 bits per heavy atom. The maximum Gasteiger partial charge on any atom is 0.261 e. The first-order valence-corrected chi connectivity index (χ1v) is 9.91. The number of aromatic nitrogens is 2. The van der Waals surface area contributed by atoms with Gasteiger partial charge in [0.05, 0.1) is 22.1 Å². The zero-order valence-corrected chi connectivity index (χ0v) is 16.9. The normalized spacial score (nSPS) is 17.9. The highest BCUT2D eigenvalue weighted by molar-refractivity contribution is 8.00. The van der Waals surface area contributed by atoms with E-state index in [1.54, 1.807) is 44.1 Å². The van der Waals surface area contributed by atoms with Gasteiger partial charge < -0.3 is 10.2 Å². The van der Waals surface area contributed by atoms with Crippen LogP contribution in [-0.4, -0.2) is 51.7 Å². The topological polar surface area (TPSA) is 84.3 Å². The minimum atomic E-state index is -0.420. The minimum absolute atomic E-state index is 0.0390. The van der Waals surface area contributed by atoms with Crippen molar-refractivity contribution in [2.45, 2.75) is 23.8 Å². The number of hydrogen-bond donors (Lipinski definition) is 1. The fourth-order valence-electron chi connectivity index (χ4n) is 3.17. The number of thioether (sulfide) groups is 1. The molecule has 144 valence electrons. The highest BCUT2D eigenvalue weighted by atomic mass is 35.5. The Kier molecular flexibility index (Phi) is 5.76. The molecule has 3 rings (SSSR count). The van der Waals surface area contributed by atoms with Crippen LogP contribution in [0.15, 0.2) is 28.2 Å². The highest BCUT2D eigenvalue weighted by Crippen LogP contribution is 2.26. The fraction of sp³-hybridized carbons (Fsp3) is 0.444. The third-order valence-corrected chi connectivity index (χ3v) is 6.11. The standard InChI is InChI=1S/C18H21ClN4O3S/c1-10(16(25)23-7-6-11(9-23)15(24)20-2)27-18-21-14-5-4-12(19)8-13(14)17(26)22(18)3/h4-5,8,10-11H,6-7,9H2,1-3H3,(H,20,24). The molecule has 27 heavy (non-hydrogen) atoms. The van der Waals surface area contributed by atoms with Gasteiger partial charge in [0.15, 0.2) is 5.16 Å². The summed E-state index contributed by atoms with van der Waals surface area (Å²) in [6.07, 6.45) is 0.663. The molecular formula is C18H21ClN4O3S. The highest BCUT2D eigenvalue weighted by Gasteiger charge is 2.33. The Morgan fingerprint density at radius 2 is 2.15 bits per heavy atom. The average molecular weight is 409 g/mol. The van der Waals surface area contributed by atoms with E-state index in [-0.39, 0.29) is 23.3 Å². The summed E-state index contributed by atoms with van der Waals surface area (Å²) in [5, 5.41) is 3.60. The van der Waals surface area contributed by atoms with Crippen LogP contribution in [-0.2, 0) is 16.6 Å². The van der Waals surface area contributed by atoms with E-state index in [4.69, 9.17) is 11.6 Å². The van der Waals surface area contributed by atoms with Gasteiger partial charge in [-0.3, -0.25) is 19.0 Å². The summed E-state index contributed by atoms with van der Waals surface area (Å²) in [6.45, 7) is 2.77. The second-order valence-corrected chi connectivity index (χ2v) is 8.31. The molecule has 0 aliphatic carbocycles. The molecule has 2 atom stereocenters. The van der Waals surface area contributed by atoms with E-state index in [9.17, 15) is 14.4 Å². The van der Waals surface area contributed by atoms with Crippen molar-refractivity contribution in [3.8, 4) is 0 Å². The molecule has 0 radical (unpaired) electrons. The van der Waals surface area contributed by atoms with Crippen LogP contribution in [0, 0.1) is 5.92 Å². The second kappa shape index (κ2) is 7.90. The summed E-state index contributed by atoms with van der Waals surface area (Å²) in [6, 6.07) is 4.98. The Bertz CT molecular complexity index is 962. The van der Waals surface area contributed by atoms with E-state index >= 15 is 0 Å². The first-order valence-electron chi connectivity index (χ1n) is 8.65. The molecule has 1 saturated heterocycles. The van der Waals surface area contributed by atoms with Crippen LogP contribution >= 0.6 is 23.4 Å². The van der Waals surface area contributed by atoms with Crippen molar-refractivity contribution >= 4 is 46.1 Å². The smallest absolute Gasteiger partial charge is 0.261 e. The summed E-state index contributed by atoms with van der Waals surface area (Å²) >= 11 is 7.21. The van der Waals surface area contributed by atoms with Crippen molar-refractivity contribution in [2.24, 2.45) is 13.0 Å². The average Bonchev–Trinajstić information content (AvgIpc) is 3.15. The lowest BCUT2D eigenvalue weighted by Crippen LogP contribution is -2.37. The molecule has 2 aromatic rings. The van der Waals surface area contributed by atoms with Gasteiger partial charge >= 0.3 is 0 Å². The first kappa shape index (κ1) is 19.7. The summed E-state index contributed by atoms with van der Waals surface area (Å²) < 4.78 is 1.43. The number of fused-ring (bicyclic) bond motifs is 1. The van der Waals surface area contributed by atoms with Gasteiger partial charge in [-0.1, -0.05) is 23.4 Å². The molecule has 2 amide bonds. The van der Waals surface area contributed by atoms with Crippen LogP contribution in [0.1, 0.15) is 13.3 Å². The zero-order valence-electron chi connectivity index (χ0n) is 15.4. The van der Waals surface area contributed by atoms with E-state index < -0.39 is 5.25 Å². The molecule has 9 heteroatoms. The van der Waals surface area contributed by atoms with Gasteiger partial charge in [0.2, 0.25) is 11.8 Å². The van der Waals surface area contributed by atoms with Crippen LogP contribution in [0.3, 0.4) is 0 Å². The number of benzene rings is 1. The first-order chi connectivity index (χ1) is 12.8. The molecule has 2 heterocycles. The molecule has 0 bridgehead atoms. The number of carbonyl (C=O) groups is 2. The Labute approximate surface area is 166 Å². The molecule has 2 unspecified atom stereocenters. The number of rotatable bonds is 4. The van der Waals surface area contributed by atoms with Gasteiger partial charge in [-0.2, -0.15) is 0 Å². The van der Waals surface area contributed by atoms with Crippen molar-refractivity contribution in [1.82, 2.24) is 19.8 Å². The van der Waals surface area contributed by atoms with Crippen LogP contribution < -0.4 is 10.9 Å². The zero-order chi connectivity index (χ0) is 19.7. The summed E-state index contributed by atoms with van der Waals surface area (Å²) in [5.74, 6) is -0.260. The number of likely N-dealkylation sites (tertiary alicyclic amines) is 1. The molecular weight excluding hydrogens is 388 g/mol. The molecule has 1 aromatic heterocycles. The number of nitrogens with zero attached hydrogens (tertiary/aromatic N) is 3. The largest absolute Gasteiger partial charge is 0.359 e. The predicted molar refractivity (Wildman–Crippen MR) is 106 cm³/mol. The van der Waals surface area contributed by atoms with Crippen molar-refractivity contribution in [3.63, 3.8) is 0 Å². The van der Waals surface area contributed by atoms with Gasteiger partial charge in [-0.15, -0.1) is 0 Å². The van der Waals surface area contributed by atoms with Gasteiger partial charge in [0.25, 0.3) is 5.56 Å². The molecule has 1 aromatic carbocycles. The van der Waals surface area contributed by atoms with Gasteiger partial charge in [0, 0.05) is 32.2 Å². The summed E-state index contributed by atoms with van der Waals surface area (Å²) in [7, 11) is 3.23. The van der Waals surface area contributed by atoms with Crippen molar-refractivity contribution in [3.05, 3.63) is 33.6 Å². The monoisotopic (exact) mass is 408 g/mol. The van der Waals surface area contributed by atoms with Gasteiger partial charge in [-0.25, -0.2) is 4.98 Å². The van der Waals surface area contributed by atoms with Crippen LogP contribution in [0.25, 0.3) is 10.9 Å². The molecule has 7 nitrogen and oxygen atoms in total. The number of hydrogen-bond acceptors (Lipinski definition) is 5. The third kappa shape index (κ3) is 3.96. The Balaban J connectivity index is 1.78. The SMILES string of the molecule is CNC(=O)C1CCN(C(=O)C(C)Sc2nc3ccc(Cl)cc3c(=O)n2C)C1. The lowest BCUT2D eigenvalue weighted by molar-refractivity contribution is -0.129. The molecule has 1 aliphatic rings. The lowest BCUT2D eigenvalue weighted by atomic mass is 10.1. The van der Waals surface area contributed by atoms with Crippen LogP contribution in [0.2, 0.25) is 5.02 Å². The van der Waals surface area contributed by atoms with Crippen molar-refractivity contribution in [1.29, 1.82) is 0 Å². The molecule has 0 spiro atoms. The maximum atomic E-state index is 12.8. The Hall–Kier alpha value is -2.06. The number of nitrogens with one attached hydrogen (secondary N) is 1. The lowest BCUT2D eigenvalue weighted by Gasteiger charge is -2.21. The third-order valence-electron chi connectivity index (χ3n) is 4.74. The van der Waals surface area contributed by atoms with E-state index in [1.807, 2.05) is 0 Å². The summed E-state index contributed by atoms with van der Waals surface area (Å²) in [4.78, 5) is 43.3. The fourth-order valence-corrected chi connectivity index (χ4v) is 4.30. The Morgan fingerprint density at radius 3 is 2.85 bits per heavy atom. The minimum Gasteiger partial charge on any atom is -0.359 e. The quantitative estimate of drug-likeness (QED) is 0.614. The molecule has 1 N–H and O–H groups in total. The van der Waals surface area contributed by atoms with Crippen molar-refractivity contribution in [2.75, 3.05) is 20.1 Å². The van der Waals surface area contributed by atoms with E-state index in [0.717, 1.165) is 0 Å². The molecule has 0 saturated carbocycles.